The maximum Gasteiger partial charge on any atom is 0.319 e. The lowest BCUT2D eigenvalue weighted by molar-refractivity contribution is -0.139. The molecule has 0 spiro atoms. The number of hydrogen-bond acceptors (Lipinski definition) is 3. The molecule has 0 rings (SSSR count). The van der Waals surface area contributed by atoms with Crippen LogP contribution in [0.25, 0.3) is 0 Å². The lowest BCUT2D eigenvalue weighted by Crippen LogP contribution is -2.24. The van der Waals surface area contributed by atoms with E-state index in [1.54, 1.807) is 0 Å². The zero-order chi connectivity index (χ0) is 8.69. The van der Waals surface area contributed by atoms with Gasteiger partial charge in [-0.05, 0) is 19.9 Å². The third-order valence-corrected chi connectivity index (χ3v) is 1.23. The Labute approximate surface area is 67.4 Å². The number of esters is 1. The number of carbonyl (C=O) groups excluding carboxylic acids is 1. The zero-order valence-electron chi connectivity index (χ0n) is 7.14. The molecule has 0 atom stereocenters. The summed E-state index contributed by atoms with van der Waals surface area (Å²) in [7, 11) is 1.38. The molecule has 0 heterocycles. The van der Waals surface area contributed by atoms with Gasteiger partial charge in [-0.1, -0.05) is 5.57 Å². The van der Waals surface area contributed by atoms with Crippen molar-refractivity contribution in [2.45, 2.75) is 13.3 Å². The highest BCUT2D eigenvalue weighted by Crippen LogP contribution is 1.91. The van der Waals surface area contributed by atoms with E-state index in [1.165, 1.54) is 7.11 Å². The third kappa shape index (κ3) is 7.06. The van der Waals surface area contributed by atoms with Gasteiger partial charge in [0, 0.05) is 0 Å². The van der Waals surface area contributed by atoms with E-state index in [4.69, 9.17) is 0 Å². The van der Waals surface area contributed by atoms with Gasteiger partial charge in [-0.25, -0.2) is 0 Å². The molecule has 0 aromatic heterocycles. The van der Waals surface area contributed by atoms with E-state index in [9.17, 15) is 4.79 Å². The quantitative estimate of drug-likeness (QED) is 0.363. The average molecular weight is 157 g/mol. The summed E-state index contributed by atoms with van der Waals surface area (Å²) in [5.74, 6) is -0.230. The van der Waals surface area contributed by atoms with Crippen LogP contribution in [0.1, 0.15) is 13.3 Å². The molecule has 0 aliphatic carbocycles. The zero-order valence-corrected chi connectivity index (χ0v) is 7.14. The molecule has 0 saturated carbocycles. The normalized spacial score (nSPS) is 9.27. The molecule has 0 aromatic rings. The van der Waals surface area contributed by atoms with Gasteiger partial charge in [0.25, 0.3) is 0 Å². The minimum absolute atomic E-state index is 0.230. The Kier molecular flexibility index (Phi) is 5.47. The fourth-order valence-electron chi connectivity index (χ4n) is 0.564. The topological polar surface area (TPSA) is 38.3 Å². The highest BCUT2D eigenvalue weighted by molar-refractivity contribution is 5.71. The Morgan fingerprint density at radius 1 is 1.64 bits per heavy atom. The van der Waals surface area contributed by atoms with Crippen LogP contribution in [0.5, 0.6) is 0 Å². The van der Waals surface area contributed by atoms with Crippen LogP contribution in [-0.2, 0) is 9.53 Å². The van der Waals surface area contributed by atoms with E-state index in [-0.39, 0.29) is 12.5 Å². The third-order valence-electron chi connectivity index (χ3n) is 1.23. The van der Waals surface area contributed by atoms with Crippen molar-refractivity contribution in [1.29, 1.82) is 0 Å². The second-order valence-electron chi connectivity index (χ2n) is 2.46. The van der Waals surface area contributed by atoms with Gasteiger partial charge >= 0.3 is 5.97 Å². The van der Waals surface area contributed by atoms with Crippen LogP contribution in [0.4, 0.5) is 0 Å². The number of nitrogens with one attached hydrogen (secondary N) is 1. The number of rotatable bonds is 5. The predicted octanol–water partition coefficient (Wildman–Crippen LogP) is 0.715. The molecule has 0 unspecified atom stereocenters. The summed E-state index contributed by atoms with van der Waals surface area (Å²) in [6.45, 7) is 6.76. The van der Waals surface area contributed by atoms with E-state index >= 15 is 0 Å². The minimum Gasteiger partial charge on any atom is -0.468 e. The van der Waals surface area contributed by atoms with Crippen LogP contribution in [0.2, 0.25) is 0 Å². The summed E-state index contributed by atoms with van der Waals surface area (Å²) in [5.41, 5.74) is 1.11. The maximum atomic E-state index is 10.5. The van der Waals surface area contributed by atoms with Crippen LogP contribution in [0, 0.1) is 0 Å². The summed E-state index contributed by atoms with van der Waals surface area (Å²) >= 11 is 0. The van der Waals surface area contributed by atoms with Crippen molar-refractivity contribution < 1.29 is 9.53 Å². The van der Waals surface area contributed by atoms with Crippen LogP contribution in [0.3, 0.4) is 0 Å². The van der Waals surface area contributed by atoms with Gasteiger partial charge in [0.05, 0.1) is 13.7 Å². The van der Waals surface area contributed by atoms with E-state index in [1.807, 2.05) is 6.92 Å². The first kappa shape index (κ1) is 10.2. The van der Waals surface area contributed by atoms with Crippen molar-refractivity contribution in [3.63, 3.8) is 0 Å². The van der Waals surface area contributed by atoms with Gasteiger partial charge in [0.2, 0.25) is 0 Å². The second kappa shape index (κ2) is 5.92. The molecule has 0 saturated heterocycles. The van der Waals surface area contributed by atoms with Gasteiger partial charge in [-0.15, -0.1) is 6.58 Å². The van der Waals surface area contributed by atoms with Crippen molar-refractivity contribution in [3.8, 4) is 0 Å². The number of hydrogen-bond donors (Lipinski definition) is 1. The molecule has 0 aliphatic rings. The van der Waals surface area contributed by atoms with Gasteiger partial charge in [0.1, 0.15) is 0 Å². The Morgan fingerprint density at radius 3 is 2.73 bits per heavy atom. The summed E-state index contributed by atoms with van der Waals surface area (Å²) in [6.07, 6.45) is 0.900. The van der Waals surface area contributed by atoms with Gasteiger partial charge in [-0.3, -0.25) is 4.79 Å². The molecular weight excluding hydrogens is 142 g/mol. The molecule has 3 nitrogen and oxygen atoms in total. The first-order valence-corrected chi connectivity index (χ1v) is 3.58. The number of methoxy groups -OCH3 is 1. The molecule has 0 amide bonds. The van der Waals surface area contributed by atoms with E-state index < -0.39 is 0 Å². The van der Waals surface area contributed by atoms with E-state index in [0.29, 0.717) is 0 Å². The Balaban J connectivity index is 3.14. The smallest absolute Gasteiger partial charge is 0.319 e. The maximum absolute atomic E-state index is 10.5. The molecule has 1 N–H and O–H groups in total. The molecule has 3 heteroatoms. The fraction of sp³-hybridized carbons (Fsp3) is 0.625. The highest BCUT2D eigenvalue weighted by atomic mass is 16.5. The standard InChI is InChI=1S/C8H15NO2/c1-7(2)4-5-9-6-8(10)11-3/h9H,1,4-6H2,2-3H3. The SMILES string of the molecule is C=C(C)CCNCC(=O)OC. The molecule has 0 bridgehead atoms. The van der Waals surface area contributed by atoms with Crippen LogP contribution < -0.4 is 5.32 Å². The number of carbonyl (C=O) groups is 1. The van der Waals surface area contributed by atoms with Crippen LogP contribution in [-0.4, -0.2) is 26.2 Å². The monoisotopic (exact) mass is 157 g/mol. The number of ether oxygens (including phenoxy) is 1. The van der Waals surface area contributed by atoms with Gasteiger partial charge in [0.15, 0.2) is 0 Å². The average Bonchev–Trinajstić information content (AvgIpc) is 1.97. The first-order valence-electron chi connectivity index (χ1n) is 3.58. The lowest BCUT2D eigenvalue weighted by Gasteiger charge is -2.01. The summed E-state index contributed by atoms with van der Waals surface area (Å²) in [6, 6.07) is 0. The summed E-state index contributed by atoms with van der Waals surface area (Å²) in [4.78, 5) is 10.5. The first-order chi connectivity index (χ1) is 5.16. The molecule has 0 radical (unpaired) electrons. The highest BCUT2D eigenvalue weighted by Gasteiger charge is 1.96. The molecule has 64 valence electrons. The van der Waals surface area contributed by atoms with Crippen molar-refractivity contribution in [2.75, 3.05) is 20.2 Å². The Bertz CT molecular complexity index is 143. The van der Waals surface area contributed by atoms with E-state index in [2.05, 4.69) is 16.6 Å². The molecular formula is C8H15NO2. The Morgan fingerprint density at radius 2 is 2.27 bits per heavy atom. The summed E-state index contributed by atoms with van der Waals surface area (Å²) < 4.78 is 4.43. The lowest BCUT2D eigenvalue weighted by atomic mass is 10.2. The second-order valence-corrected chi connectivity index (χ2v) is 2.46. The van der Waals surface area contributed by atoms with Crippen molar-refractivity contribution in [1.82, 2.24) is 5.32 Å². The molecule has 0 fully saturated rings. The fourth-order valence-corrected chi connectivity index (χ4v) is 0.564. The van der Waals surface area contributed by atoms with Crippen molar-refractivity contribution in [3.05, 3.63) is 12.2 Å². The molecule has 0 aliphatic heterocycles. The largest absolute Gasteiger partial charge is 0.468 e. The van der Waals surface area contributed by atoms with Crippen LogP contribution >= 0.6 is 0 Å². The molecule has 0 aromatic carbocycles. The van der Waals surface area contributed by atoms with Gasteiger partial charge < -0.3 is 10.1 Å². The Hall–Kier alpha value is -0.830. The minimum atomic E-state index is -0.230. The van der Waals surface area contributed by atoms with E-state index in [0.717, 1.165) is 18.5 Å². The summed E-state index contributed by atoms with van der Waals surface area (Å²) in [5, 5.41) is 2.93. The van der Waals surface area contributed by atoms with Crippen LogP contribution in [0.15, 0.2) is 12.2 Å². The molecule has 11 heavy (non-hydrogen) atoms. The van der Waals surface area contributed by atoms with Gasteiger partial charge in [-0.2, -0.15) is 0 Å². The van der Waals surface area contributed by atoms with Crippen molar-refractivity contribution in [2.24, 2.45) is 0 Å². The predicted molar refractivity (Wildman–Crippen MR) is 44.3 cm³/mol. The van der Waals surface area contributed by atoms with Crippen molar-refractivity contribution >= 4 is 5.97 Å².